The van der Waals surface area contributed by atoms with Crippen molar-refractivity contribution >= 4 is 51.4 Å². The summed E-state index contributed by atoms with van der Waals surface area (Å²) in [6.45, 7) is 1.24. The molecule has 2 heterocycles. The fourth-order valence-corrected chi connectivity index (χ4v) is 5.10. The topological polar surface area (TPSA) is 246 Å². The zero-order valence-corrected chi connectivity index (χ0v) is 24.6. The number of carboxylic acids is 1. The van der Waals surface area contributed by atoms with Gasteiger partial charge >= 0.3 is 5.97 Å². The molecule has 0 aliphatic carbocycles. The van der Waals surface area contributed by atoms with Crippen LogP contribution in [0.25, 0.3) is 21.8 Å². The first kappa shape index (κ1) is 32.7. The predicted octanol–water partition coefficient (Wildman–Crippen LogP) is -0.0530. The molecule has 45 heavy (non-hydrogen) atoms. The summed E-state index contributed by atoms with van der Waals surface area (Å²) < 4.78 is 0. The van der Waals surface area contributed by atoms with Gasteiger partial charge in [-0.3, -0.25) is 19.2 Å². The third-order valence-electron chi connectivity index (χ3n) is 7.54. The maximum Gasteiger partial charge on any atom is 0.326 e. The van der Waals surface area contributed by atoms with Crippen molar-refractivity contribution in [3.05, 3.63) is 72.1 Å². The molecular formula is C31H37N7O7. The van der Waals surface area contributed by atoms with E-state index in [0.717, 1.165) is 27.4 Å². The molecule has 5 unspecified atom stereocenters. The first-order valence-corrected chi connectivity index (χ1v) is 14.4. The Kier molecular flexibility index (Phi) is 10.5. The molecule has 5 atom stereocenters. The molecule has 0 saturated heterocycles. The van der Waals surface area contributed by atoms with E-state index >= 15 is 0 Å². The van der Waals surface area contributed by atoms with Crippen molar-refractivity contribution in [2.45, 2.75) is 62.9 Å². The van der Waals surface area contributed by atoms with E-state index in [4.69, 9.17) is 11.5 Å². The van der Waals surface area contributed by atoms with Crippen LogP contribution in [0.4, 0.5) is 0 Å². The number of carbonyl (C=O) groups is 5. The van der Waals surface area contributed by atoms with Crippen LogP contribution in [0.2, 0.25) is 0 Å². The van der Waals surface area contributed by atoms with E-state index in [2.05, 4.69) is 25.9 Å². The van der Waals surface area contributed by atoms with Gasteiger partial charge in [-0.15, -0.1) is 0 Å². The van der Waals surface area contributed by atoms with E-state index in [1.807, 2.05) is 48.5 Å². The van der Waals surface area contributed by atoms with Gasteiger partial charge in [0.15, 0.2) is 0 Å². The van der Waals surface area contributed by atoms with Gasteiger partial charge < -0.3 is 47.6 Å². The van der Waals surface area contributed by atoms with Crippen LogP contribution in [0.5, 0.6) is 0 Å². The minimum absolute atomic E-state index is 0.00586. The number of nitrogens with two attached hydrogens (primary N) is 2. The van der Waals surface area contributed by atoms with Gasteiger partial charge in [-0.05, 0) is 43.0 Å². The van der Waals surface area contributed by atoms with Gasteiger partial charge in [0.2, 0.25) is 23.6 Å². The summed E-state index contributed by atoms with van der Waals surface area (Å²) in [5, 5.41) is 28.9. The highest BCUT2D eigenvalue weighted by Gasteiger charge is 2.33. The van der Waals surface area contributed by atoms with Crippen molar-refractivity contribution in [1.82, 2.24) is 25.9 Å². The highest BCUT2D eigenvalue weighted by atomic mass is 16.4. The first-order chi connectivity index (χ1) is 21.4. The summed E-state index contributed by atoms with van der Waals surface area (Å²) in [5.74, 6) is -4.60. The number of aliphatic hydroxyl groups is 1. The lowest BCUT2D eigenvalue weighted by Gasteiger charge is -2.26. The predicted molar refractivity (Wildman–Crippen MR) is 166 cm³/mol. The van der Waals surface area contributed by atoms with Crippen LogP contribution in [0, 0.1) is 0 Å². The Balaban J connectivity index is 1.53. The van der Waals surface area contributed by atoms with Crippen molar-refractivity contribution in [3.8, 4) is 0 Å². The Morgan fingerprint density at radius 2 is 1.31 bits per heavy atom. The summed E-state index contributed by atoms with van der Waals surface area (Å²) in [5.41, 5.74) is 14.6. The van der Waals surface area contributed by atoms with Gasteiger partial charge in [-0.2, -0.15) is 0 Å². The lowest BCUT2D eigenvalue weighted by molar-refractivity contribution is -0.143. The molecule has 2 aromatic carbocycles. The van der Waals surface area contributed by atoms with Crippen molar-refractivity contribution in [1.29, 1.82) is 0 Å². The highest BCUT2D eigenvalue weighted by Crippen LogP contribution is 2.21. The minimum Gasteiger partial charge on any atom is -0.480 e. The second kappa shape index (κ2) is 14.5. The summed E-state index contributed by atoms with van der Waals surface area (Å²) in [6.07, 6.45) is 1.62. The summed E-state index contributed by atoms with van der Waals surface area (Å²) in [6, 6.07) is 9.60. The highest BCUT2D eigenvalue weighted by molar-refractivity contribution is 5.95. The molecule has 238 valence electrons. The summed E-state index contributed by atoms with van der Waals surface area (Å²) in [4.78, 5) is 69.1. The number of rotatable bonds is 15. The Hall–Kier alpha value is -5.21. The molecule has 0 saturated carbocycles. The van der Waals surface area contributed by atoms with Crippen LogP contribution in [-0.2, 0) is 36.8 Å². The van der Waals surface area contributed by atoms with Gasteiger partial charge in [0.05, 0.1) is 12.1 Å². The maximum absolute atomic E-state index is 13.7. The Morgan fingerprint density at radius 3 is 1.84 bits per heavy atom. The van der Waals surface area contributed by atoms with E-state index in [9.17, 15) is 34.2 Å². The number of H-pyrrole nitrogens is 2. The number of hydrogen-bond acceptors (Lipinski definition) is 7. The Bertz CT molecular complexity index is 1700. The van der Waals surface area contributed by atoms with Crippen LogP contribution < -0.4 is 27.4 Å². The third-order valence-corrected chi connectivity index (χ3v) is 7.54. The largest absolute Gasteiger partial charge is 0.480 e. The number of hydrogen-bond donors (Lipinski definition) is 9. The molecule has 0 aliphatic heterocycles. The van der Waals surface area contributed by atoms with Crippen LogP contribution >= 0.6 is 0 Å². The second-order valence-corrected chi connectivity index (χ2v) is 10.9. The fourth-order valence-electron chi connectivity index (χ4n) is 5.10. The molecule has 4 rings (SSSR count). The smallest absolute Gasteiger partial charge is 0.326 e. The van der Waals surface area contributed by atoms with Crippen LogP contribution in [0.15, 0.2) is 60.9 Å². The van der Waals surface area contributed by atoms with Crippen LogP contribution in [0.1, 0.15) is 30.9 Å². The van der Waals surface area contributed by atoms with Gasteiger partial charge in [-0.25, -0.2) is 4.79 Å². The third kappa shape index (κ3) is 8.25. The Morgan fingerprint density at radius 1 is 0.778 bits per heavy atom. The average molecular weight is 620 g/mol. The molecule has 2 aromatic heterocycles. The molecule has 11 N–H and O–H groups in total. The number of carboxylic acid groups (broad SMARTS) is 1. The number of para-hydroxylation sites is 2. The molecule has 4 aromatic rings. The van der Waals surface area contributed by atoms with Crippen molar-refractivity contribution in [2.24, 2.45) is 11.5 Å². The number of aliphatic carboxylic acids is 1. The summed E-state index contributed by atoms with van der Waals surface area (Å²) in [7, 11) is 0. The molecule has 0 spiro atoms. The molecule has 14 heteroatoms. The van der Waals surface area contributed by atoms with E-state index in [-0.39, 0.29) is 25.7 Å². The van der Waals surface area contributed by atoms with Gasteiger partial charge in [0, 0.05) is 47.0 Å². The number of aromatic nitrogens is 2. The van der Waals surface area contributed by atoms with Crippen molar-refractivity contribution < 1.29 is 34.2 Å². The number of fused-ring (bicyclic) bond motifs is 2. The maximum atomic E-state index is 13.7. The van der Waals surface area contributed by atoms with E-state index in [0.29, 0.717) is 5.56 Å². The number of carbonyl (C=O) groups excluding carboxylic acids is 4. The molecule has 0 bridgehead atoms. The standard InChI is InChI=1S/C31H37N7O7/c1-16(39)27(30(43)36-24(31(44)45)10-11-26(33)40)38-29(42)25(13-18-15-35-23-9-5-3-7-20(18)23)37-28(41)21(32)12-17-14-34-22-8-4-2-6-19(17)22/h2-9,14-16,21,24-25,27,34-35,39H,10-13,32H2,1H3,(H2,33,40)(H,36,43)(H,37,41)(H,38,42)(H,44,45). The summed E-state index contributed by atoms with van der Waals surface area (Å²) >= 11 is 0. The van der Waals surface area contributed by atoms with Crippen LogP contribution in [-0.4, -0.2) is 80.1 Å². The van der Waals surface area contributed by atoms with Gasteiger partial charge in [0.1, 0.15) is 18.1 Å². The second-order valence-electron chi connectivity index (χ2n) is 10.9. The quantitative estimate of drug-likeness (QED) is 0.0871. The number of amides is 4. The zero-order valence-electron chi connectivity index (χ0n) is 24.6. The SMILES string of the molecule is CC(O)C(NC(=O)C(Cc1c[nH]c2ccccc12)NC(=O)C(N)Cc1c[nH]c2ccccc12)C(=O)NC(CCC(N)=O)C(=O)O. The van der Waals surface area contributed by atoms with E-state index in [1.165, 1.54) is 6.92 Å². The average Bonchev–Trinajstić information content (AvgIpc) is 3.61. The van der Waals surface area contributed by atoms with Crippen molar-refractivity contribution in [2.75, 3.05) is 0 Å². The van der Waals surface area contributed by atoms with Gasteiger partial charge in [-0.1, -0.05) is 36.4 Å². The molecular weight excluding hydrogens is 582 g/mol. The van der Waals surface area contributed by atoms with Crippen molar-refractivity contribution in [3.63, 3.8) is 0 Å². The lowest BCUT2D eigenvalue weighted by Crippen LogP contribution is -2.60. The number of aromatic amines is 2. The minimum atomic E-state index is -1.59. The number of primary amides is 1. The zero-order chi connectivity index (χ0) is 32.7. The van der Waals surface area contributed by atoms with E-state index in [1.54, 1.807) is 12.4 Å². The number of nitrogens with one attached hydrogen (secondary N) is 5. The molecule has 0 aliphatic rings. The molecule has 14 nitrogen and oxygen atoms in total. The molecule has 0 fully saturated rings. The van der Waals surface area contributed by atoms with E-state index < -0.39 is 59.9 Å². The molecule has 4 amide bonds. The number of aliphatic hydroxyl groups excluding tert-OH is 1. The Labute approximate surface area is 257 Å². The normalized spacial score (nSPS) is 14.6. The monoisotopic (exact) mass is 619 g/mol. The fraction of sp³-hybridized carbons (Fsp3) is 0.323. The first-order valence-electron chi connectivity index (χ1n) is 14.4. The molecule has 0 radical (unpaired) electrons. The lowest BCUT2D eigenvalue weighted by atomic mass is 10.0. The van der Waals surface area contributed by atoms with Crippen LogP contribution in [0.3, 0.4) is 0 Å². The number of benzene rings is 2. The van der Waals surface area contributed by atoms with Gasteiger partial charge in [0.25, 0.3) is 0 Å².